The second-order valence-electron chi connectivity index (χ2n) is 3.30. The number of carbonyl (C=O) groups is 1. The van der Waals surface area contributed by atoms with E-state index in [1.165, 1.54) is 7.11 Å². The third-order valence-corrected chi connectivity index (χ3v) is 2.93. The molecule has 0 bridgehead atoms. The van der Waals surface area contributed by atoms with Gasteiger partial charge in [0.1, 0.15) is 5.54 Å². The fraction of sp³-hybridized carbons (Fsp3) is 0.857. The molecule has 5 nitrogen and oxygen atoms in total. The molecule has 0 radical (unpaired) electrons. The van der Waals surface area contributed by atoms with Crippen LogP contribution in [0.5, 0.6) is 0 Å². The van der Waals surface area contributed by atoms with E-state index in [9.17, 15) is 13.2 Å². The van der Waals surface area contributed by atoms with Gasteiger partial charge in [0, 0.05) is 0 Å². The van der Waals surface area contributed by atoms with Crippen molar-refractivity contribution >= 4 is 16.0 Å². The summed E-state index contributed by atoms with van der Waals surface area (Å²) in [6.07, 6.45) is 2.92. The Balaban J connectivity index is 2.77. The number of rotatable bonds is 3. The Labute approximate surface area is 77.5 Å². The largest absolute Gasteiger partial charge is 0.468 e. The van der Waals surface area contributed by atoms with E-state index in [1.54, 1.807) is 0 Å². The van der Waals surface area contributed by atoms with Gasteiger partial charge in [0.15, 0.2) is 0 Å². The maximum Gasteiger partial charge on any atom is 0.327 e. The number of nitrogens with one attached hydrogen (secondary N) is 1. The lowest BCUT2D eigenvalue weighted by Gasteiger charge is -2.38. The van der Waals surface area contributed by atoms with E-state index in [2.05, 4.69) is 9.46 Å². The van der Waals surface area contributed by atoms with Crippen LogP contribution in [0.1, 0.15) is 19.3 Å². The molecule has 1 N–H and O–H groups in total. The van der Waals surface area contributed by atoms with Crippen molar-refractivity contribution < 1.29 is 17.9 Å². The lowest BCUT2D eigenvalue weighted by molar-refractivity contribution is -0.151. The first kappa shape index (κ1) is 10.5. The molecule has 1 aliphatic carbocycles. The molecule has 13 heavy (non-hydrogen) atoms. The van der Waals surface area contributed by atoms with Crippen molar-refractivity contribution in [3.63, 3.8) is 0 Å². The molecule has 0 amide bonds. The van der Waals surface area contributed by atoms with Crippen LogP contribution in [0, 0.1) is 0 Å². The number of esters is 1. The molecule has 0 unspecified atom stereocenters. The minimum Gasteiger partial charge on any atom is -0.468 e. The van der Waals surface area contributed by atoms with Crippen molar-refractivity contribution in [3.05, 3.63) is 0 Å². The number of sulfonamides is 1. The van der Waals surface area contributed by atoms with E-state index in [4.69, 9.17) is 0 Å². The van der Waals surface area contributed by atoms with Gasteiger partial charge in [-0.3, -0.25) is 4.79 Å². The van der Waals surface area contributed by atoms with Gasteiger partial charge in [-0.15, -0.1) is 0 Å². The van der Waals surface area contributed by atoms with E-state index in [0.29, 0.717) is 12.8 Å². The molecule has 76 valence electrons. The molecule has 0 aromatic rings. The Kier molecular flexibility index (Phi) is 2.63. The Morgan fingerprint density at radius 2 is 2.00 bits per heavy atom. The molecule has 0 saturated heterocycles. The summed E-state index contributed by atoms with van der Waals surface area (Å²) >= 11 is 0. The zero-order chi connectivity index (χ0) is 10.1. The Morgan fingerprint density at radius 1 is 1.46 bits per heavy atom. The van der Waals surface area contributed by atoms with Gasteiger partial charge in [-0.2, -0.15) is 4.72 Å². The number of carbonyl (C=O) groups excluding carboxylic acids is 1. The van der Waals surface area contributed by atoms with E-state index >= 15 is 0 Å². The highest BCUT2D eigenvalue weighted by Gasteiger charge is 2.47. The van der Waals surface area contributed by atoms with Crippen LogP contribution in [-0.4, -0.2) is 33.3 Å². The predicted octanol–water partition coefficient (Wildman–Crippen LogP) is -0.369. The summed E-state index contributed by atoms with van der Waals surface area (Å²) in [5.41, 5.74) is -0.984. The van der Waals surface area contributed by atoms with Crippen LogP contribution in [0.4, 0.5) is 0 Å². The first-order valence-corrected chi connectivity index (χ1v) is 5.86. The maximum atomic E-state index is 11.2. The van der Waals surface area contributed by atoms with E-state index in [1.807, 2.05) is 0 Å². The quantitative estimate of drug-likeness (QED) is 0.641. The molecule has 1 fully saturated rings. The molecule has 0 atom stereocenters. The van der Waals surface area contributed by atoms with E-state index < -0.39 is 21.5 Å². The average molecular weight is 207 g/mol. The van der Waals surface area contributed by atoms with Crippen molar-refractivity contribution in [1.29, 1.82) is 0 Å². The van der Waals surface area contributed by atoms with Crippen LogP contribution in [0.3, 0.4) is 0 Å². The van der Waals surface area contributed by atoms with Crippen molar-refractivity contribution in [3.8, 4) is 0 Å². The van der Waals surface area contributed by atoms with Crippen molar-refractivity contribution in [1.82, 2.24) is 4.72 Å². The van der Waals surface area contributed by atoms with Crippen LogP contribution in [0.15, 0.2) is 0 Å². The maximum absolute atomic E-state index is 11.2. The normalized spacial score (nSPS) is 20.5. The molecular formula is C7H13NO4S. The Bertz CT molecular complexity index is 304. The summed E-state index contributed by atoms with van der Waals surface area (Å²) in [5, 5.41) is 0. The lowest BCUT2D eigenvalue weighted by atomic mass is 9.78. The monoisotopic (exact) mass is 207 g/mol. The summed E-state index contributed by atoms with van der Waals surface area (Å²) in [7, 11) is -2.09. The first-order chi connectivity index (χ1) is 5.90. The third-order valence-electron chi connectivity index (χ3n) is 2.16. The average Bonchev–Trinajstić information content (AvgIpc) is 1.93. The molecule has 1 aliphatic rings. The molecule has 0 aliphatic heterocycles. The summed E-state index contributed by atoms with van der Waals surface area (Å²) in [6, 6.07) is 0. The molecule has 0 aromatic heterocycles. The number of hydrogen-bond donors (Lipinski definition) is 1. The van der Waals surface area contributed by atoms with Gasteiger partial charge in [-0.25, -0.2) is 8.42 Å². The van der Waals surface area contributed by atoms with Crippen molar-refractivity contribution in [2.45, 2.75) is 24.8 Å². The standard InChI is InChI=1S/C7H13NO4S/c1-12-6(9)7(4-3-5-7)8-13(2,10)11/h8H,3-5H2,1-2H3. The second kappa shape index (κ2) is 3.26. The van der Waals surface area contributed by atoms with Crippen LogP contribution >= 0.6 is 0 Å². The minimum absolute atomic E-state index is 0.496. The van der Waals surface area contributed by atoms with Gasteiger partial charge in [-0.1, -0.05) is 0 Å². The topological polar surface area (TPSA) is 72.5 Å². The highest BCUT2D eigenvalue weighted by Crippen LogP contribution is 2.33. The summed E-state index contributed by atoms with van der Waals surface area (Å²) in [5.74, 6) is -0.496. The van der Waals surface area contributed by atoms with Crippen LogP contribution in [-0.2, 0) is 19.6 Å². The van der Waals surface area contributed by atoms with E-state index in [-0.39, 0.29) is 0 Å². The van der Waals surface area contributed by atoms with Gasteiger partial charge in [0.2, 0.25) is 10.0 Å². The van der Waals surface area contributed by atoms with Crippen LogP contribution < -0.4 is 4.72 Å². The van der Waals surface area contributed by atoms with Gasteiger partial charge in [-0.05, 0) is 19.3 Å². The smallest absolute Gasteiger partial charge is 0.327 e. The highest BCUT2D eigenvalue weighted by atomic mass is 32.2. The number of methoxy groups -OCH3 is 1. The van der Waals surface area contributed by atoms with Gasteiger partial charge in [0.25, 0.3) is 0 Å². The molecule has 1 rings (SSSR count). The van der Waals surface area contributed by atoms with Crippen LogP contribution in [0.25, 0.3) is 0 Å². The summed E-state index contributed by atoms with van der Waals surface area (Å²) in [4.78, 5) is 11.2. The molecular weight excluding hydrogens is 194 g/mol. The fourth-order valence-corrected chi connectivity index (χ4v) is 2.43. The van der Waals surface area contributed by atoms with Gasteiger partial charge in [0.05, 0.1) is 13.4 Å². The summed E-state index contributed by atoms with van der Waals surface area (Å²) in [6.45, 7) is 0. The third kappa shape index (κ3) is 2.19. The molecule has 1 saturated carbocycles. The minimum atomic E-state index is -3.35. The Morgan fingerprint density at radius 3 is 2.23 bits per heavy atom. The predicted molar refractivity (Wildman–Crippen MR) is 46.6 cm³/mol. The second-order valence-corrected chi connectivity index (χ2v) is 5.05. The van der Waals surface area contributed by atoms with Crippen LogP contribution in [0.2, 0.25) is 0 Å². The SMILES string of the molecule is COC(=O)C1(NS(C)(=O)=O)CCC1. The molecule has 0 heterocycles. The lowest BCUT2D eigenvalue weighted by Crippen LogP contribution is -2.59. The highest BCUT2D eigenvalue weighted by molar-refractivity contribution is 7.88. The fourth-order valence-electron chi connectivity index (χ4n) is 1.43. The zero-order valence-corrected chi connectivity index (χ0v) is 8.48. The first-order valence-electron chi connectivity index (χ1n) is 3.97. The Hall–Kier alpha value is -0.620. The van der Waals surface area contributed by atoms with Gasteiger partial charge < -0.3 is 4.74 Å². The van der Waals surface area contributed by atoms with Crippen molar-refractivity contribution in [2.24, 2.45) is 0 Å². The van der Waals surface area contributed by atoms with Gasteiger partial charge >= 0.3 is 5.97 Å². The number of ether oxygens (including phenoxy) is 1. The van der Waals surface area contributed by atoms with Crippen molar-refractivity contribution in [2.75, 3.05) is 13.4 Å². The summed E-state index contributed by atoms with van der Waals surface area (Å²) < 4.78 is 28.7. The van der Waals surface area contributed by atoms with E-state index in [0.717, 1.165) is 12.7 Å². The molecule has 0 spiro atoms. The molecule has 0 aromatic carbocycles. The zero-order valence-electron chi connectivity index (χ0n) is 7.66. The molecule has 6 heteroatoms. The number of hydrogen-bond acceptors (Lipinski definition) is 4.